The number of hydrogen-bond donors (Lipinski definition) is 0. The minimum atomic E-state index is -0.385. The molecule has 4 rings (SSSR count). The average molecular weight is 392 g/mol. The molecular weight excluding hydrogens is 375 g/mol. The lowest BCUT2D eigenvalue weighted by Gasteiger charge is -2.04. The number of carbonyl (C=O) groups excluding carboxylic acids is 1. The summed E-state index contributed by atoms with van der Waals surface area (Å²) in [6.45, 7) is 6.07. The van der Waals surface area contributed by atoms with E-state index >= 15 is 0 Å². The second-order valence-corrected chi connectivity index (χ2v) is 7.21. The Hall–Kier alpha value is -3.32. The molecule has 0 bridgehead atoms. The van der Waals surface area contributed by atoms with E-state index < -0.39 is 0 Å². The van der Waals surface area contributed by atoms with E-state index in [1.807, 2.05) is 41.8 Å². The lowest BCUT2D eigenvalue weighted by molar-refractivity contribution is 0.0997. The van der Waals surface area contributed by atoms with Gasteiger partial charge in [0.25, 0.3) is 5.91 Å². The standard InChI is InChI=1S/C21H17FN4OS/c1-3-11-25-18-10-9-15(22)12-19(18)28-21(25)24-20(27)17-13-23-26(14(17)2)16-7-5-4-6-8-16/h3-10,12-13H,1,11H2,2H3. The van der Waals surface area contributed by atoms with Crippen molar-refractivity contribution in [2.75, 3.05) is 0 Å². The molecule has 0 atom stereocenters. The minimum absolute atomic E-state index is 0.322. The summed E-state index contributed by atoms with van der Waals surface area (Å²) in [4.78, 5) is 17.7. The minimum Gasteiger partial charge on any atom is -0.312 e. The summed E-state index contributed by atoms with van der Waals surface area (Å²) in [5, 5.41) is 4.33. The fourth-order valence-corrected chi connectivity index (χ4v) is 4.10. The van der Waals surface area contributed by atoms with Crippen LogP contribution in [0.4, 0.5) is 4.39 Å². The van der Waals surface area contributed by atoms with Crippen molar-refractivity contribution in [3.05, 3.63) is 89.3 Å². The van der Waals surface area contributed by atoms with E-state index in [-0.39, 0.29) is 11.7 Å². The first-order valence-electron chi connectivity index (χ1n) is 8.67. The van der Waals surface area contributed by atoms with E-state index in [0.29, 0.717) is 22.6 Å². The highest BCUT2D eigenvalue weighted by atomic mass is 32.1. The third kappa shape index (κ3) is 3.20. The molecule has 1 amide bonds. The molecule has 7 heteroatoms. The van der Waals surface area contributed by atoms with Gasteiger partial charge in [0.1, 0.15) is 5.82 Å². The number of nitrogens with zero attached hydrogens (tertiary/aromatic N) is 4. The van der Waals surface area contributed by atoms with Gasteiger partial charge in [0, 0.05) is 6.54 Å². The Kier molecular flexibility index (Phi) is 4.75. The molecule has 140 valence electrons. The van der Waals surface area contributed by atoms with Crippen molar-refractivity contribution in [2.45, 2.75) is 13.5 Å². The van der Waals surface area contributed by atoms with Crippen LogP contribution >= 0.6 is 11.3 Å². The van der Waals surface area contributed by atoms with Crippen LogP contribution < -0.4 is 4.80 Å². The topological polar surface area (TPSA) is 52.2 Å². The Morgan fingerprint density at radius 1 is 1.29 bits per heavy atom. The maximum atomic E-state index is 13.6. The highest BCUT2D eigenvalue weighted by molar-refractivity contribution is 7.16. The first-order chi connectivity index (χ1) is 13.6. The zero-order valence-electron chi connectivity index (χ0n) is 15.2. The number of allylic oxidation sites excluding steroid dienone is 1. The largest absolute Gasteiger partial charge is 0.312 e. The van der Waals surface area contributed by atoms with E-state index in [9.17, 15) is 9.18 Å². The molecule has 0 radical (unpaired) electrons. The first-order valence-corrected chi connectivity index (χ1v) is 9.49. The highest BCUT2D eigenvalue weighted by Crippen LogP contribution is 2.19. The molecule has 0 N–H and O–H groups in total. The number of thiazole rings is 1. The number of carbonyl (C=O) groups is 1. The van der Waals surface area contributed by atoms with Crippen LogP contribution in [0.1, 0.15) is 16.1 Å². The molecule has 4 aromatic rings. The van der Waals surface area contributed by atoms with Crippen LogP contribution in [0.3, 0.4) is 0 Å². The van der Waals surface area contributed by atoms with Gasteiger partial charge in [-0.25, -0.2) is 9.07 Å². The summed E-state index contributed by atoms with van der Waals surface area (Å²) in [7, 11) is 0. The Labute approximate surface area is 164 Å². The van der Waals surface area contributed by atoms with Gasteiger partial charge >= 0.3 is 0 Å². The van der Waals surface area contributed by atoms with Crippen molar-refractivity contribution < 1.29 is 9.18 Å². The lowest BCUT2D eigenvalue weighted by atomic mass is 10.2. The van der Waals surface area contributed by atoms with Gasteiger partial charge in [-0.15, -0.1) is 6.58 Å². The quantitative estimate of drug-likeness (QED) is 0.487. The van der Waals surface area contributed by atoms with E-state index in [1.54, 1.807) is 16.8 Å². The maximum absolute atomic E-state index is 13.6. The number of para-hydroxylation sites is 1. The summed E-state index contributed by atoms with van der Waals surface area (Å²) >= 11 is 1.27. The van der Waals surface area contributed by atoms with Crippen molar-refractivity contribution in [3.8, 4) is 5.69 Å². The molecule has 0 aliphatic heterocycles. The van der Waals surface area contributed by atoms with Crippen LogP contribution in [0.2, 0.25) is 0 Å². The molecule has 0 unspecified atom stereocenters. The van der Waals surface area contributed by atoms with Crippen LogP contribution in [-0.4, -0.2) is 20.3 Å². The zero-order valence-corrected chi connectivity index (χ0v) is 16.0. The van der Waals surface area contributed by atoms with Gasteiger partial charge in [0.05, 0.1) is 33.4 Å². The normalized spacial score (nSPS) is 11.9. The SMILES string of the molecule is C=CCn1c(=NC(=O)c2cnn(-c3ccccc3)c2C)sc2cc(F)ccc21. The number of benzene rings is 2. The van der Waals surface area contributed by atoms with E-state index in [1.165, 1.54) is 29.7 Å². The third-order valence-electron chi connectivity index (χ3n) is 4.39. The van der Waals surface area contributed by atoms with Gasteiger partial charge in [-0.2, -0.15) is 10.1 Å². The smallest absolute Gasteiger partial charge is 0.283 e. The number of aromatic nitrogens is 3. The Balaban J connectivity index is 1.80. The highest BCUT2D eigenvalue weighted by Gasteiger charge is 2.15. The van der Waals surface area contributed by atoms with Gasteiger partial charge < -0.3 is 4.57 Å². The number of halogens is 1. The van der Waals surface area contributed by atoms with Gasteiger partial charge in [-0.3, -0.25) is 4.79 Å². The fraction of sp³-hybridized carbons (Fsp3) is 0.0952. The van der Waals surface area contributed by atoms with Crippen LogP contribution in [-0.2, 0) is 6.54 Å². The Morgan fingerprint density at radius 3 is 2.82 bits per heavy atom. The molecule has 2 aromatic carbocycles. The van der Waals surface area contributed by atoms with Gasteiger partial charge in [-0.1, -0.05) is 35.6 Å². The van der Waals surface area contributed by atoms with E-state index in [2.05, 4.69) is 16.7 Å². The molecule has 0 aliphatic rings. The summed E-state index contributed by atoms with van der Waals surface area (Å²) in [5.74, 6) is -0.707. The third-order valence-corrected chi connectivity index (χ3v) is 5.44. The molecule has 0 saturated carbocycles. The second-order valence-electron chi connectivity index (χ2n) is 6.20. The van der Waals surface area contributed by atoms with Gasteiger partial charge in [-0.05, 0) is 37.3 Å². The van der Waals surface area contributed by atoms with Crippen LogP contribution in [0.5, 0.6) is 0 Å². The van der Waals surface area contributed by atoms with Crippen molar-refractivity contribution in [2.24, 2.45) is 4.99 Å². The average Bonchev–Trinajstić information content (AvgIpc) is 3.23. The van der Waals surface area contributed by atoms with Crippen LogP contribution in [0, 0.1) is 12.7 Å². The molecule has 0 saturated heterocycles. The molecule has 0 fully saturated rings. The molecule has 0 spiro atoms. The van der Waals surface area contributed by atoms with Crippen LogP contribution in [0.25, 0.3) is 15.9 Å². The van der Waals surface area contributed by atoms with Crippen molar-refractivity contribution in [3.63, 3.8) is 0 Å². The second kappa shape index (κ2) is 7.36. The van der Waals surface area contributed by atoms with Gasteiger partial charge in [0.15, 0.2) is 4.80 Å². The predicted molar refractivity (Wildman–Crippen MR) is 108 cm³/mol. The fourth-order valence-electron chi connectivity index (χ4n) is 3.03. The summed E-state index contributed by atoms with van der Waals surface area (Å²) in [6, 6.07) is 14.1. The molecule has 5 nitrogen and oxygen atoms in total. The summed E-state index contributed by atoms with van der Waals surface area (Å²) in [5.41, 5.74) is 2.83. The number of rotatable bonds is 4. The van der Waals surface area contributed by atoms with Crippen molar-refractivity contribution in [1.29, 1.82) is 0 Å². The summed E-state index contributed by atoms with van der Waals surface area (Å²) < 4.78 is 17.9. The Bertz CT molecular complexity index is 1250. The van der Waals surface area contributed by atoms with Crippen molar-refractivity contribution in [1.82, 2.24) is 14.3 Å². The number of fused-ring (bicyclic) bond motifs is 1. The first kappa shape index (κ1) is 18.1. The molecule has 0 aliphatic carbocycles. The van der Waals surface area contributed by atoms with E-state index in [4.69, 9.17) is 0 Å². The van der Waals surface area contributed by atoms with Crippen LogP contribution in [0.15, 0.2) is 72.4 Å². The predicted octanol–water partition coefficient (Wildman–Crippen LogP) is 4.26. The van der Waals surface area contributed by atoms with E-state index in [0.717, 1.165) is 15.9 Å². The number of amides is 1. The molecule has 2 heterocycles. The Morgan fingerprint density at radius 2 is 2.07 bits per heavy atom. The van der Waals surface area contributed by atoms with Crippen molar-refractivity contribution >= 4 is 27.5 Å². The molecule has 2 aromatic heterocycles. The maximum Gasteiger partial charge on any atom is 0.283 e. The lowest BCUT2D eigenvalue weighted by Crippen LogP contribution is -2.16. The zero-order chi connectivity index (χ0) is 19.7. The molecule has 28 heavy (non-hydrogen) atoms. The summed E-state index contributed by atoms with van der Waals surface area (Å²) in [6.07, 6.45) is 3.25. The molecular formula is C21H17FN4OS. The van der Waals surface area contributed by atoms with Gasteiger partial charge in [0.2, 0.25) is 0 Å². The monoisotopic (exact) mass is 392 g/mol. The number of hydrogen-bond acceptors (Lipinski definition) is 3.